The number of carboxylic acids is 1. The highest BCUT2D eigenvalue weighted by molar-refractivity contribution is 5.81. The summed E-state index contributed by atoms with van der Waals surface area (Å²) in [5.74, 6) is -1.05. The van der Waals surface area contributed by atoms with Gasteiger partial charge < -0.3 is 14.9 Å². The summed E-state index contributed by atoms with van der Waals surface area (Å²) >= 11 is 0. The zero-order chi connectivity index (χ0) is 14.8. The summed E-state index contributed by atoms with van der Waals surface area (Å²) in [4.78, 5) is 11.6. The summed E-state index contributed by atoms with van der Waals surface area (Å²) in [5.41, 5.74) is -0.698. The maximum absolute atomic E-state index is 12.2. The van der Waals surface area contributed by atoms with E-state index in [0.717, 1.165) is 0 Å². The van der Waals surface area contributed by atoms with Crippen molar-refractivity contribution in [2.75, 3.05) is 0 Å². The molecule has 2 N–H and O–H groups in total. The van der Waals surface area contributed by atoms with Gasteiger partial charge in [0.15, 0.2) is 0 Å². The van der Waals surface area contributed by atoms with E-state index in [1.54, 1.807) is 6.07 Å². The number of alkyl halides is 2. The van der Waals surface area contributed by atoms with Crippen LogP contribution in [0.25, 0.3) is 0 Å². The van der Waals surface area contributed by atoms with E-state index >= 15 is 0 Å². The van der Waals surface area contributed by atoms with Crippen molar-refractivity contribution in [2.45, 2.75) is 43.8 Å². The van der Waals surface area contributed by atoms with Crippen molar-refractivity contribution in [1.82, 2.24) is 0 Å². The van der Waals surface area contributed by atoms with Gasteiger partial charge >= 0.3 is 12.6 Å². The molecule has 2 rings (SSSR count). The van der Waals surface area contributed by atoms with Gasteiger partial charge in [0.05, 0.1) is 11.5 Å². The van der Waals surface area contributed by atoms with Gasteiger partial charge in [-0.25, -0.2) is 0 Å². The summed E-state index contributed by atoms with van der Waals surface area (Å²) < 4.78 is 28.8. The Morgan fingerprint density at radius 1 is 1.35 bits per heavy atom. The number of aliphatic hydroxyl groups is 1. The Bertz CT molecular complexity index is 482. The Morgan fingerprint density at radius 3 is 2.55 bits per heavy atom. The standard InChI is InChI=1S/C14H16F2O4/c15-13(16)20-11-3-1-2-9(8-11)14(12(18)19)6-4-10(17)5-7-14/h1-3,8,10,13,17H,4-7H2,(H,18,19). The molecule has 0 radical (unpaired) electrons. The zero-order valence-electron chi connectivity index (χ0n) is 10.8. The molecule has 0 atom stereocenters. The number of hydrogen-bond acceptors (Lipinski definition) is 3. The molecule has 0 bridgehead atoms. The van der Waals surface area contributed by atoms with Crippen LogP contribution in [-0.2, 0) is 10.2 Å². The lowest BCUT2D eigenvalue weighted by molar-refractivity contribution is -0.146. The van der Waals surface area contributed by atoms with Crippen LogP contribution in [0.5, 0.6) is 5.75 Å². The van der Waals surface area contributed by atoms with Gasteiger partial charge in [-0.1, -0.05) is 12.1 Å². The molecule has 1 aliphatic carbocycles. The summed E-state index contributed by atoms with van der Waals surface area (Å²) in [6, 6.07) is 5.81. The largest absolute Gasteiger partial charge is 0.481 e. The number of carbonyl (C=O) groups is 1. The highest BCUT2D eigenvalue weighted by atomic mass is 19.3. The topological polar surface area (TPSA) is 66.8 Å². The zero-order valence-corrected chi connectivity index (χ0v) is 10.8. The van der Waals surface area contributed by atoms with Crippen LogP contribution in [0.4, 0.5) is 8.78 Å². The van der Waals surface area contributed by atoms with Gasteiger partial charge in [-0.2, -0.15) is 8.78 Å². The van der Waals surface area contributed by atoms with E-state index in [4.69, 9.17) is 0 Å². The van der Waals surface area contributed by atoms with E-state index in [-0.39, 0.29) is 18.6 Å². The smallest absolute Gasteiger partial charge is 0.387 e. The molecule has 0 heterocycles. The number of rotatable bonds is 4. The van der Waals surface area contributed by atoms with Crippen molar-refractivity contribution in [2.24, 2.45) is 0 Å². The van der Waals surface area contributed by atoms with Crippen molar-refractivity contribution in [1.29, 1.82) is 0 Å². The summed E-state index contributed by atoms with van der Waals surface area (Å²) in [5, 5.41) is 19.1. The first-order valence-electron chi connectivity index (χ1n) is 6.41. The monoisotopic (exact) mass is 286 g/mol. The van der Waals surface area contributed by atoms with Gasteiger partial charge in [-0.05, 0) is 43.4 Å². The first kappa shape index (κ1) is 14.7. The fourth-order valence-corrected chi connectivity index (χ4v) is 2.69. The minimum atomic E-state index is -2.95. The fraction of sp³-hybridized carbons (Fsp3) is 0.500. The third-order valence-electron chi connectivity index (χ3n) is 3.83. The predicted molar refractivity (Wildman–Crippen MR) is 66.9 cm³/mol. The predicted octanol–water partition coefficient (Wildman–Crippen LogP) is 2.55. The quantitative estimate of drug-likeness (QED) is 0.892. The lowest BCUT2D eigenvalue weighted by Gasteiger charge is -2.35. The molecule has 1 saturated carbocycles. The molecule has 4 nitrogen and oxygen atoms in total. The Morgan fingerprint density at radius 2 is 2.00 bits per heavy atom. The Labute approximate surface area is 115 Å². The van der Waals surface area contributed by atoms with E-state index < -0.39 is 24.1 Å². The SMILES string of the molecule is O=C(O)C1(c2cccc(OC(F)F)c2)CCC(O)CC1. The second-order valence-electron chi connectivity index (χ2n) is 5.02. The van der Waals surface area contributed by atoms with Crippen molar-refractivity contribution in [3.63, 3.8) is 0 Å². The lowest BCUT2D eigenvalue weighted by atomic mass is 9.68. The number of aliphatic hydroxyl groups excluding tert-OH is 1. The number of ether oxygens (including phenoxy) is 1. The number of halogens is 2. The highest BCUT2D eigenvalue weighted by Gasteiger charge is 2.43. The van der Waals surface area contributed by atoms with Gasteiger partial charge in [-0.15, -0.1) is 0 Å². The maximum Gasteiger partial charge on any atom is 0.387 e. The van der Waals surface area contributed by atoms with Crippen LogP contribution in [0, 0.1) is 0 Å². The molecule has 0 aromatic heterocycles. The summed E-state index contributed by atoms with van der Waals surface area (Å²) in [6.07, 6.45) is 0.824. The third kappa shape index (κ3) is 2.90. The molecule has 0 amide bonds. The minimum absolute atomic E-state index is 0.0516. The second-order valence-corrected chi connectivity index (χ2v) is 5.02. The third-order valence-corrected chi connectivity index (χ3v) is 3.83. The minimum Gasteiger partial charge on any atom is -0.481 e. The van der Waals surface area contributed by atoms with Crippen LogP contribution >= 0.6 is 0 Å². The molecule has 1 aromatic carbocycles. The van der Waals surface area contributed by atoms with E-state index in [0.29, 0.717) is 18.4 Å². The van der Waals surface area contributed by atoms with E-state index in [2.05, 4.69) is 4.74 Å². The van der Waals surface area contributed by atoms with Crippen molar-refractivity contribution < 1.29 is 28.5 Å². The van der Waals surface area contributed by atoms with E-state index in [1.165, 1.54) is 18.2 Å². The van der Waals surface area contributed by atoms with Gasteiger partial charge in [0.25, 0.3) is 0 Å². The van der Waals surface area contributed by atoms with Crippen molar-refractivity contribution in [3.05, 3.63) is 29.8 Å². The molecular formula is C14H16F2O4. The van der Waals surface area contributed by atoms with E-state index in [1.807, 2.05) is 0 Å². The van der Waals surface area contributed by atoms with Gasteiger partial charge in [0.2, 0.25) is 0 Å². The molecule has 0 spiro atoms. The molecule has 0 aliphatic heterocycles. The van der Waals surface area contributed by atoms with Crippen LogP contribution in [0.3, 0.4) is 0 Å². The molecule has 110 valence electrons. The number of aliphatic carboxylic acids is 1. The van der Waals surface area contributed by atoms with Crippen LogP contribution in [0.2, 0.25) is 0 Å². The lowest BCUT2D eigenvalue weighted by Crippen LogP contribution is -2.40. The Hall–Kier alpha value is -1.69. The van der Waals surface area contributed by atoms with Crippen LogP contribution in [-0.4, -0.2) is 28.9 Å². The van der Waals surface area contributed by atoms with Crippen molar-refractivity contribution >= 4 is 5.97 Å². The van der Waals surface area contributed by atoms with Crippen molar-refractivity contribution in [3.8, 4) is 5.75 Å². The van der Waals surface area contributed by atoms with Crippen LogP contribution in [0.1, 0.15) is 31.2 Å². The average molecular weight is 286 g/mol. The summed E-state index contributed by atoms with van der Waals surface area (Å²) in [6.45, 7) is -2.95. The maximum atomic E-state index is 12.2. The first-order valence-corrected chi connectivity index (χ1v) is 6.41. The summed E-state index contributed by atoms with van der Waals surface area (Å²) in [7, 11) is 0. The van der Waals surface area contributed by atoms with Gasteiger partial charge in [0, 0.05) is 0 Å². The van der Waals surface area contributed by atoms with Gasteiger partial charge in [-0.3, -0.25) is 4.79 Å². The van der Waals surface area contributed by atoms with Crippen LogP contribution < -0.4 is 4.74 Å². The first-order chi connectivity index (χ1) is 9.44. The number of hydrogen-bond donors (Lipinski definition) is 2. The Balaban J connectivity index is 2.32. The van der Waals surface area contributed by atoms with Gasteiger partial charge in [0.1, 0.15) is 5.75 Å². The van der Waals surface area contributed by atoms with Crippen LogP contribution in [0.15, 0.2) is 24.3 Å². The Kier molecular flexibility index (Phi) is 4.23. The second kappa shape index (κ2) is 5.75. The molecule has 0 saturated heterocycles. The fourth-order valence-electron chi connectivity index (χ4n) is 2.69. The molecule has 1 fully saturated rings. The molecule has 0 unspecified atom stereocenters. The molecule has 1 aliphatic rings. The average Bonchev–Trinajstić information content (AvgIpc) is 2.39. The molecular weight excluding hydrogens is 270 g/mol. The highest BCUT2D eigenvalue weighted by Crippen LogP contribution is 2.41. The molecule has 1 aromatic rings. The molecule has 6 heteroatoms. The number of carboxylic acid groups (broad SMARTS) is 1. The normalized spacial score (nSPS) is 26.5. The van der Waals surface area contributed by atoms with E-state index in [9.17, 15) is 23.8 Å². The number of benzene rings is 1. The molecule has 20 heavy (non-hydrogen) atoms.